The maximum Gasteiger partial charge on any atom is 0.243 e. The van der Waals surface area contributed by atoms with Gasteiger partial charge in [0.25, 0.3) is 0 Å². The summed E-state index contributed by atoms with van der Waals surface area (Å²) in [7, 11) is 1.68. The average molecular weight is 404 g/mol. The summed E-state index contributed by atoms with van der Waals surface area (Å²) in [6.07, 6.45) is 2.46. The van der Waals surface area contributed by atoms with Crippen molar-refractivity contribution in [2.45, 2.75) is 18.9 Å². The average Bonchev–Trinajstić information content (AvgIpc) is 3.39. The summed E-state index contributed by atoms with van der Waals surface area (Å²) >= 11 is 1.76. The Hall–Kier alpha value is -2.45. The molecule has 6 nitrogen and oxygen atoms in total. The second-order valence-corrected chi connectivity index (χ2v) is 7.62. The van der Waals surface area contributed by atoms with Crippen LogP contribution in [0.5, 0.6) is 0 Å². The second-order valence-electron chi connectivity index (χ2n) is 6.64. The van der Waals surface area contributed by atoms with E-state index < -0.39 is 0 Å². The topological polar surface area (TPSA) is 68.8 Å². The molecular formula is C20H26FN5OS. The maximum absolute atomic E-state index is 13.2. The molecule has 150 valence electrons. The molecule has 3 N–H and O–H groups in total. The van der Waals surface area contributed by atoms with Crippen LogP contribution < -0.4 is 16.0 Å². The Kier molecular flexibility index (Phi) is 7.39. The van der Waals surface area contributed by atoms with E-state index in [2.05, 4.69) is 43.4 Å². The molecule has 0 bridgehead atoms. The Morgan fingerprint density at radius 1 is 1.25 bits per heavy atom. The predicted octanol–water partition coefficient (Wildman–Crippen LogP) is 2.83. The number of thiophene rings is 1. The maximum atomic E-state index is 13.2. The molecule has 1 aliphatic rings. The van der Waals surface area contributed by atoms with Crippen molar-refractivity contribution in [2.24, 2.45) is 4.99 Å². The predicted molar refractivity (Wildman–Crippen MR) is 112 cm³/mol. The Morgan fingerprint density at radius 3 is 2.75 bits per heavy atom. The molecule has 1 aromatic carbocycles. The summed E-state index contributed by atoms with van der Waals surface area (Å²) in [5.41, 5.74) is 0.432. The number of rotatable bonds is 7. The van der Waals surface area contributed by atoms with Crippen LogP contribution in [0.2, 0.25) is 0 Å². The van der Waals surface area contributed by atoms with E-state index in [0.717, 1.165) is 13.1 Å². The van der Waals surface area contributed by atoms with E-state index >= 15 is 0 Å². The summed E-state index contributed by atoms with van der Waals surface area (Å²) in [5.74, 6) is -0.0807. The van der Waals surface area contributed by atoms with Crippen molar-refractivity contribution in [1.82, 2.24) is 15.5 Å². The number of guanidine groups is 1. The molecule has 28 heavy (non-hydrogen) atoms. The van der Waals surface area contributed by atoms with Crippen molar-refractivity contribution in [1.29, 1.82) is 0 Å². The normalized spacial score (nSPS) is 16.0. The van der Waals surface area contributed by atoms with Crippen LogP contribution in [-0.4, -0.2) is 50.0 Å². The molecule has 0 spiro atoms. The van der Waals surface area contributed by atoms with Crippen molar-refractivity contribution < 1.29 is 9.18 Å². The van der Waals surface area contributed by atoms with Crippen LogP contribution in [0.1, 0.15) is 23.8 Å². The van der Waals surface area contributed by atoms with E-state index in [4.69, 9.17) is 0 Å². The van der Waals surface area contributed by atoms with Gasteiger partial charge in [0.1, 0.15) is 5.82 Å². The molecule has 1 fully saturated rings. The number of aliphatic imine (C=N–C) groups is 1. The van der Waals surface area contributed by atoms with Crippen molar-refractivity contribution in [3.8, 4) is 0 Å². The molecule has 1 amide bonds. The summed E-state index contributed by atoms with van der Waals surface area (Å²) in [4.78, 5) is 20.1. The van der Waals surface area contributed by atoms with Crippen molar-refractivity contribution in [3.63, 3.8) is 0 Å². The van der Waals surface area contributed by atoms with Crippen LogP contribution in [0, 0.1) is 5.82 Å². The zero-order valence-corrected chi connectivity index (χ0v) is 16.8. The zero-order chi connectivity index (χ0) is 19.8. The van der Waals surface area contributed by atoms with Crippen molar-refractivity contribution >= 4 is 28.9 Å². The lowest BCUT2D eigenvalue weighted by Gasteiger charge is -2.27. The second kappa shape index (κ2) is 10.2. The number of nitrogens with one attached hydrogen (secondary N) is 3. The van der Waals surface area contributed by atoms with E-state index in [1.165, 1.54) is 29.9 Å². The number of likely N-dealkylation sites (tertiary alicyclic amines) is 1. The standard InChI is InChI=1S/C20H26FN5OS/c1-22-20(24-14-19(27)25-16-7-4-6-15(21)12-16)23-13-17(18-8-5-11-28-18)26-9-2-3-10-26/h4-8,11-12,17H,2-3,9-10,13-14H2,1H3,(H,25,27)(H2,22,23,24). The molecule has 8 heteroatoms. The number of nitrogens with zero attached hydrogens (tertiary/aromatic N) is 2. The number of carbonyl (C=O) groups is 1. The summed E-state index contributed by atoms with van der Waals surface area (Å²) in [6.45, 7) is 2.97. The smallest absolute Gasteiger partial charge is 0.243 e. The Bertz CT molecular complexity index is 790. The molecule has 0 radical (unpaired) electrons. The number of carbonyl (C=O) groups excluding carboxylic acids is 1. The number of hydrogen-bond acceptors (Lipinski definition) is 4. The number of hydrogen-bond donors (Lipinski definition) is 3. The van der Waals surface area contributed by atoms with Gasteiger partial charge in [-0.1, -0.05) is 12.1 Å². The summed E-state index contributed by atoms with van der Waals surface area (Å²) < 4.78 is 13.2. The molecule has 0 aliphatic carbocycles. The summed E-state index contributed by atoms with van der Waals surface area (Å²) in [6, 6.07) is 10.4. The first-order chi connectivity index (χ1) is 13.7. The molecule has 1 unspecified atom stereocenters. The number of anilines is 1. The molecule has 1 atom stereocenters. The first-order valence-corrected chi connectivity index (χ1v) is 10.3. The third-order valence-electron chi connectivity index (χ3n) is 4.66. The highest BCUT2D eigenvalue weighted by Gasteiger charge is 2.24. The monoisotopic (exact) mass is 403 g/mol. The van der Waals surface area contributed by atoms with Crippen LogP contribution in [0.4, 0.5) is 10.1 Å². The quantitative estimate of drug-likeness (QED) is 0.491. The Morgan fingerprint density at radius 2 is 2.07 bits per heavy atom. The molecule has 3 rings (SSSR count). The fraction of sp³-hybridized carbons (Fsp3) is 0.400. The first-order valence-electron chi connectivity index (χ1n) is 9.43. The van der Waals surface area contributed by atoms with Gasteiger partial charge in [0.15, 0.2) is 5.96 Å². The van der Waals surface area contributed by atoms with Gasteiger partial charge in [-0.15, -0.1) is 11.3 Å². The van der Waals surface area contributed by atoms with Crippen LogP contribution in [-0.2, 0) is 4.79 Å². The van der Waals surface area contributed by atoms with E-state index in [-0.39, 0.29) is 18.3 Å². The Labute approximate surface area is 168 Å². The molecule has 2 aromatic rings. The third-order valence-corrected chi connectivity index (χ3v) is 5.64. The number of amides is 1. The minimum atomic E-state index is -0.384. The zero-order valence-electron chi connectivity index (χ0n) is 16.0. The van der Waals surface area contributed by atoms with Gasteiger partial charge in [0.05, 0.1) is 12.6 Å². The Balaban J connectivity index is 1.50. The largest absolute Gasteiger partial charge is 0.354 e. The van der Waals surface area contributed by atoms with Gasteiger partial charge in [0.2, 0.25) is 5.91 Å². The SMILES string of the molecule is CN=C(NCC(=O)Nc1cccc(F)c1)NCC(c1cccs1)N1CCCC1. The highest BCUT2D eigenvalue weighted by Crippen LogP contribution is 2.27. The molecule has 2 heterocycles. The van der Waals surface area contributed by atoms with Gasteiger partial charge >= 0.3 is 0 Å². The lowest BCUT2D eigenvalue weighted by Crippen LogP contribution is -2.44. The van der Waals surface area contributed by atoms with E-state index in [0.29, 0.717) is 24.2 Å². The van der Waals surface area contributed by atoms with Crippen LogP contribution >= 0.6 is 11.3 Å². The third kappa shape index (κ3) is 5.77. The fourth-order valence-corrected chi connectivity index (χ4v) is 4.15. The lowest BCUT2D eigenvalue weighted by molar-refractivity contribution is -0.115. The number of benzene rings is 1. The fourth-order valence-electron chi connectivity index (χ4n) is 3.29. The van der Waals surface area contributed by atoms with Gasteiger partial charge in [-0.25, -0.2) is 4.39 Å². The molecule has 0 saturated carbocycles. The van der Waals surface area contributed by atoms with Gasteiger partial charge in [-0.3, -0.25) is 14.7 Å². The highest BCUT2D eigenvalue weighted by atomic mass is 32.1. The molecular weight excluding hydrogens is 377 g/mol. The van der Waals surface area contributed by atoms with Crippen molar-refractivity contribution in [3.05, 3.63) is 52.5 Å². The van der Waals surface area contributed by atoms with E-state index in [1.54, 1.807) is 30.5 Å². The van der Waals surface area contributed by atoms with Crippen LogP contribution in [0.25, 0.3) is 0 Å². The highest BCUT2D eigenvalue weighted by molar-refractivity contribution is 7.10. The minimum Gasteiger partial charge on any atom is -0.354 e. The van der Waals surface area contributed by atoms with Crippen LogP contribution in [0.15, 0.2) is 46.8 Å². The molecule has 1 aliphatic heterocycles. The van der Waals surface area contributed by atoms with Crippen molar-refractivity contribution in [2.75, 3.05) is 38.5 Å². The van der Waals surface area contributed by atoms with Gasteiger partial charge in [-0.05, 0) is 55.6 Å². The summed E-state index contributed by atoms with van der Waals surface area (Å²) in [5, 5.41) is 11.1. The first kappa shape index (κ1) is 20.3. The molecule has 1 aromatic heterocycles. The van der Waals surface area contributed by atoms with E-state index in [9.17, 15) is 9.18 Å². The molecule has 1 saturated heterocycles. The minimum absolute atomic E-state index is 0.0452. The van der Waals surface area contributed by atoms with Crippen LogP contribution in [0.3, 0.4) is 0 Å². The van der Waals surface area contributed by atoms with E-state index in [1.807, 2.05) is 0 Å². The van der Waals surface area contributed by atoms with Gasteiger partial charge in [-0.2, -0.15) is 0 Å². The number of halogens is 1. The van der Waals surface area contributed by atoms with Gasteiger partial charge in [0, 0.05) is 24.2 Å². The van der Waals surface area contributed by atoms with Gasteiger partial charge < -0.3 is 16.0 Å². The lowest BCUT2D eigenvalue weighted by atomic mass is 10.2.